The van der Waals surface area contributed by atoms with E-state index in [0.717, 1.165) is 13.0 Å². The van der Waals surface area contributed by atoms with E-state index >= 15 is 0 Å². The molecule has 10 heavy (non-hydrogen) atoms. The monoisotopic (exact) mass is 227 g/mol. The number of benzene rings is 1. The van der Waals surface area contributed by atoms with Crippen molar-refractivity contribution >= 4 is 0 Å². The van der Waals surface area contributed by atoms with Crippen LogP contribution in [0.25, 0.3) is 0 Å². The molecule has 0 heterocycles. The van der Waals surface area contributed by atoms with Gasteiger partial charge in [0.1, 0.15) is 0 Å². The first-order valence-corrected chi connectivity index (χ1v) is 3.17. The summed E-state index contributed by atoms with van der Waals surface area (Å²) in [6, 6.07) is 10.3. The summed E-state index contributed by atoms with van der Waals surface area (Å²) >= 11 is 0. The third kappa shape index (κ3) is 3.12. The Hall–Kier alpha value is -0.158. The Morgan fingerprint density at radius 1 is 1.10 bits per heavy atom. The van der Waals surface area contributed by atoms with Crippen LogP contribution in [-0.2, 0) is 26.8 Å². The summed E-state index contributed by atoms with van der Waals surface area (Å²) < 4.78 is 0. The summed E-state index contributed by atoms with van der Waals surface area (Å²) in [5.74, 6) is 0. The third-order valence-corrected chi connectivity index (χ3v) is 1.28. The molecule has 58 valence electrons. The van der Waals surface area contributed by atoms with Gasteiger partial charge in [-0.3, -0.25) is 0 Å². The molecule has 0 saturated heterocycles. The fraction of sp³-hybridized carbons (Fsp3) is 0.250. The zero-order valence-electron chi connectivity index (χ0n) is 5.69. The largest absolute Gasteiger partial charge is 0.330 e. The molecule has 0 saturated carbocycles. The van der Waals surface area contributed by atoms with E-state index in [1.807, 2.05) is 18.2 Å². The van der Waals surface area contributed by atoms with Crippen molar-refractivity contribution in [1.82, 2.24) is 0 Å². The van der Waals surface area contributed by atoms with Gasteiger partial charge < -0.3 is 5.73 Å². The summed E-state index contributed by atoms with van der Waals surface area (Å²) in [5.41, 5.74) is 6.68. The molecular formula is C8H11NPd. The standard InChI is InChI=1S/C8H11N.Pd/c9-7-6-8-4-2-1-3-5-8;/h1-5H,6-7,9H2;. The van der Waals surface area contributed by atoms with Crippen molar-refractivity contribution in [2.75, 3.05) is 6.54 Å². The van der Waals surface area contributed by atoms with E-state index in [4.69, 9.17) is 5.73 Å². The Kier molecular flexibility index (Phi) is 5.53. The molecule has 1 aromatic rings. The van der Waals surface area contributed by atoms with E-state index in [0.29, 0.717) is 0 Å². The molecule has 0 unspecified atom stereocenters. The summed E-state index contributed by atoms with van der Waals surface area (Å²) in [4.78, 5) is 0. The molecule has 1 aromatic carbocycles. The Morgan fingerprint density at radius 3 is 2.20 bits per heavy atom. The summed E-state index contributed by atoms with van der Waals surface area (Å²) in [5, 5.41) is 0. The summed E-state index contributed by atoms with van der Waals surface area (Å²) in [6.07, 6.45) is 0.987. The predicted octanol–water partition coefficient (Wildman–Crippen LogP) is 1.19. The van der Waals surface area contributed by atoms with Gasteiger partial charge in [0, 0.05) is 20.4 Å². The van der Waals surface area contributed by atoms with Gasteiger partial charge in [0.05, 0.1) is 0 Å². The maximum Gasteiger partial charge on any atom is 0 e. The third-order valence-electron chi connectivity index (χ3n) is 1.28. The Bertz CT molecular complexity index is 162. The van der Waals surface area contributed by atoms with E-state index in [1.54, 1.807) is 0 Å². The minimum absolute atomic E-state index is 0. The van der Waals surface area contributed by atoms with E-state index in [1.165, 1.54) is 5.56 Å². The predicted molar refractivity (Wildman–Crippen MR) is 39.2 cm³/mol. The van der Waals surface area contributed by atoms with Crippen LogP contribution in [0.4, 0.5) is 0 Å². The van der Waals surface area contributed by atoms with E-state index in [9.17, 15) is 0 Å². The van der Waals surface area contributed by atoms with Gasteiger partial charge in [0.15, 0.2) is 0 Å². The Morgan fingerprint density at radius 2 is 1.70 bits per heavy atom. The van der Waals surface area contributed by atoms with Crippen LogP contribution in [0.15, 0.2) is 30.3 Å². The first-order chi connectivity index (χ1) is 4.43. The van der Waals surface area contributed by atoms with Crippen molar-refractivity contribution in [3.05, 3.63) is 35.9 Å². The van der Waals surface area contributed by atoms with Crippen LogP contribution in [0.3, 0.4) is 0 Å². The van der Waals surface area contributed by atoms with Gasteiger partial charge in [0.2, 0.25) is 0 Å². The van der Waals surface area contributed by atoms with Gasteiger partial charge in [0.25, 0.3) is 0 Å². The average molecular weight is 228 g/mol. The molecule has 0 aliphatic carbocycles. The second-order valence-electron chi connectivity index (χ2n) is 2.02. The van der Waals surface area contributed by atoms with Crippen molar-refractivity contribution in [2.24, 2.45) is 5.73 Å². The molecule has 0 radical (unpaired) electrons. The van der Waals surface area contributed by atoms with Crippen molar-refractivity contribution in [3.63, 3.8) is 0 Å². The van der Waals surface area contributed by atoms with Gasteiger partial charge >= 0.3 is 0 Å². The number of hydrogen-bond donors (Lipinski definition) is 1. The molecule has 0 amide bonds. The van der Waals surface area contributed by atoms with Gasteiger partial charge in [-0.1, -0.05) is 30.3 Å². The normalized spacial score (nSPS) is 8.50. The molecule has 1 rings (SSSR count). The molecular weight excluding hydrogens is 217 g/mol. The Labute approximate surface area is 75.3 Å². The number of rotatable bonds is 2. The van der Waals surface area contributed by atoms with Crippen LogP contribution < -0.4 is 5.73 Å². The first kappa shape index (κ1) is 9.84. The maximum atomic E-state index is 5.36. The van der Waals surface area contributed by atoms with E-state index in [-0.39, 0.29) is 20.4 Å². The minimum atomic E-state index is 0. The fourth-order valence-electron chi connectivity index (χ4n) is 0.811. The van der Waals surface area contributed by atoms with E-state index < -0.39 is 0 Å². The zero-order chi connectivity index (χ0) is 6.53. The van der Waals surface area contributed by atoms with Crippen LogP contribution in [0.1, 0.15) is 5.56 Å². The van der Waals surface area contributed by atoms with Gasteiger partial charge in [-0.25, -0.2) is 0 Å². The van der Waals surface area contributed by atoms with Crippen LogP contribution in [0.2, 0.25) is 0 Å². The van der Waals surface area contributed by atoms with Gasteiger partial charge in [-0.05, 0) is 18.5 Å². The molecule has 2 heteroatoms. The molecule has 0 atom stereocenters. The van der Waals surface area contributed by atoms with Crippen LogP contribution in [0, 0.1) is 0 Å². The van der Waals surface area contributed by atoms with E-state index in [2.05, 4.69) is 12.1 Å². The molecule has 0 bridgehead atoms. The quantitative estimate of drug-likeness (QED) is 0.755. The summed E-state index contributed by atoms with van der Waals surface area (Å²) in [7, 11) is 0. The molecule has 0 spiro atoms. The molecule has 1 nitrogen and oxygen atoms in total. The molecule has 0 aliphatic rings. The van der Waals surface area contributed by atoms with Gasteiger partial charge in [-0.2, -0.15) is 0 Å². The smallest absolute Gasteiger partial charge is 0 e. The van der Waals surface area contributed by atoms with Gasteiger partial charge in [-0.15, -0.1) is 0 Å². The van der Waals surface area contributed by atoms with Crippen LogP contribution in [-0.4, -0.2) is 6.54 Å². The molecule has 0 aromatic heterocycles. The Balaban J connectivity index is 0.000000810. The molecule has 0 aliphatic heterocycles. The molecule has 2 N–H and O–H groups in total. The first-order valence-electron chi connectivity index (χ1n) is 3.17. The van der Waals surface area contributed by atoms with Crippen LogP contribution >= 0.6 is 0 Å². The van der Waals surface area contributed by atoms with Crippen molar-refractivity contribution < 1.29 is 20.4 Å². The van der Waals surface area contributed by atoms with Crippen molar-refractivity contribution in [2.45, 2.75) is 6.42 Å². The SMILES string of the molecule is NCCc1ccccc1.[Pd]. The zero-order valence-corrected chi connectivity index (χ0v) is 7.25. The van der Waals surface area contributed by atoms with Crippen molar-refractivity contribution in [3.8, 4) is 0 Å². The van der Waals surface area contributed by atoms with Crippen molar-refractivity contribution in [1.29, 1.82) is 0 Å². The topological polar surface area (TPSA) is 26.0 Å². The number of nitrogens with two attached hydrogens (primary N) is 1. The number of hydrogen-bond acceptors (Lipinski definition) is 1. The minimum Gasteiger partial charge on any atom is -0.330 e. The second kappa shape index (κ2) is 5.61. The average Bonchev–Trinajstić information content (AvgIpc) is 1.91. The second-order valence-corrected chi connectivity index (χ2v) is 2.02. The fourth-order valence-corrected chi connectivity index (χ4v) is 0.811. The maximum absolute atomic E-state index is 5.36. The van der Waals surface area contributed by atoms with Crippen LogP contribution in [0.5, 0.6) is 0 Å². The molecule has 0 fully saturated rings. The summed E-state index contributed by atoms with van der Waals surface area (Å²) in [6.45, 7) is 0.740.